The van der Waals surface area contributed by atoms with Crippen LogP contribution < -0.4 is 5.84 Å². The number of amides is 1. The minimum absolute atomic E-state index is 0.217. The molecule has 0 aliphatic heterocycles. The van der Waals surface area contributed by atoms with Gasteiger partial charge in [0.25, 0.3) is 5.91 Å². The van der Waals surface area contributed by atoms with Gasteiger partial charge < -0.3 is 4.57 Å². The van der Waals surface area contributed by atoms with Crippen LogP contribution in [0.1, 0.15) is 16.2 Å². The number of carbonyl (C=O) groups excluding carboxylic acids is 1. The Morgan fingerprint density at radius 1 is 1.50 bits per heavy atom. The van der Waals surface area contributed by atoms with Crippen molar-refractivity contribution in [2.45, 2.75) is 6.92 Å². The van der Waals surface area contributed by atoms with Gasteiger partial charge in [0.05, 0.1) is 11.0 Å². The average molecular weight is 218 g/mol. The molecule has 16 heavy (non-hydrogen) atoms. The molecule has 0 saturated carbocycles. The number of fused-ring (bicyclic) bond motifs is 1. The van der Waals surface area contributed by atoms with E-state index in [2.05, 4.69) is 4.98 Å². The Bertz CT molecular complexity index is 556. The second-order valence-corrected chi connectivity index (χ2v) is 3.84. The third kappa shape index (κ3) is 1.55. The molecule has 1 heterocycles. The number of rotatable bonds is 1. The minimum Gasteiger partial charge on any atom is -0.331 e. The van der Waals surface area contributed by atoms with Gasteiger partial charge in [-0.1, -0.05) is 0 Å². The van der Waals surface area contributed by atoms with E-state index in [-0.39, 0.29) is 5.91 Å². The molecule has 2 N–H and O–H groups in total. The van der Waals surface area contributed by atoms with Crippen molar-refractivity contribution in [1.29, 1.82) is 0 Å². The highest BCUT2D eigenvalue weighted by Gasteiger charge is 2.11. The molecule has 0 unspecified atom stereocenters. The molecule has 0 bridgehead atoms. The van der Waals surface area contributed by atoms with Crippen LogP contribution in [-0.2, 0) is 7.05 Å². The van der Waals surface area contributed by atoms with Crippen LogP contribution in [0.15, 0.2) is 18.2 Å². The van der Waals surface area contributed by atoms with Gasteiger partial charge in [-0.25, -0.2) is 10.8 Å². The summed E-state index contributed by atoms with van der Waals surface area (Å²) < 4.78 is 1.98. The molecule has 5 nitrogen and oxygen atoms in total. The normalized spacial score (nSPS) is 10.8. The van der Waals surface area contributed by atoms with Crippen molar-refractivity contribution in [2.75, 3.05) is 7.05 Å². The van der Waals surface area contributed by atoms with Crippen molar-refractivity contribution in [3.05, 3.63) is 29.6 Å². The van der Waals surface area contributed by atoms with Crippen LogP contribution >= 0.6 is 0 Å². The molecular weight excluding hydrogens is 204 g/mol. The smallest absolute Gasteiger partial charge is 0.267 e. The number of nitrogens with two attached hydrogens (primary N) is 1. The predicted molar refractivity (Wildman–Crippen MR) is 61.7 cm³/mol. The Balaban J connectivity index is 2.57. The van der Waals surface area contributed by atoms with Gasteiger partial charge in [0, 0.05) is 19.7 Å². The molecule has 1 amide bonds. The van der Waals surface area contributed by atoms with Crippen molar-refractivity contribution in [1.82, 2.24) is 14.6 Å². The van der Waals surface area contributed by atoms with Gasteiger partial charge in [0.2, 0.25) is 0 Å². The SMILES string of the molecule is Cc1nc2cc(C(=O)N(C)N)ccc2n1C. The number of hydrazine groups is 1. The van der Waals surface area contributed by atoms with Gasteiger partial charge in [-0.15, -0.1) is 0 Å². The highest BCUT2D eigenvalue weighted by Crippen LogP contribution is 2.16. The van der Waals surface area contributed by atoms with Gasteiger partial charge >= 0.3 is 0 Å². The summed E-state index contributed by atoms with van der Waals surface area (Å²) in [4.78, 5) is 16.0. The molecule has 0 fully saturated rings. The van der Waals surface area contributed by atoms with E-state index in [1.165, 1.54) is 7.05 Å². The monoisotopic (exact) mass is 218 g/mol. The van der Waals surface area contributed by atoms with Crippen LogP contribution in [-0.4, -0.2) is 27.5 Å². The van der Waals surface area contributed by atoms with Crippen molar-refractivity contribution in [3.8, 4) is 0 Å². The zero-order valence-corrected chi connectivity index (χ0v) is 9.56. The van der Waals surface area contributed by atoms with Gasteiger partial charge in [0.1, 0.15) is 5.82 Å². The van der Waals surface area contributed by atoms with Crippen molar-refractivity contribution in [2.24, 2.45) is 12.9 Å². The second kappa shape index (κ2) is 3.61. The number of hydrogen-bond donors (Lipinski definition) is 1. The summed E-state index contributed by atoms with van der Waals surface area (Å²) in [7, 11) is 3.47. The molecule has 1 aromatic carbocycles. The molecule has 0 aliphatic rings. The lowest BCUT2D eigenvalue weighted by Gasteiger charge is -2.09. The van der Waals surface area contributed by atoms with Crippen LogP contribution in [0.2, 0.25) is 0 Å². The molecule has 2 aromatic rings. The molecule has 0 spiro atoms. The maximum absolute atomic E-state index is 11.6. The van der Waals surface area contributed by atoms with Crippen LogP contribution in [0.25, 0.3) is 11.0 Å². The number of aryl methyl sites for hydroxylation is 2. The topological polar surface area (TPSA) is 64.2 Å². The third-order valence-corrected chi connectivity index (χ3v) is 2.67. The first-order valence-corrected chi connectivity index (χ1v) is 4.96. The van der Waals surface area contributed by atoms with Crippen molar-refractivity contribution in [3.63, 3.8) is 0 Å². The summed E-state index contributed by atoms with van der Waals surface area (Å²) in [5.41, 5.74) is 2.37. The molecule has 0 atom stereocenters. The average Bonchev–Trinajstić information content (AvgIpc) is 2.53. The summed E-state index contributed by atoms with van der Waals surface area (Å²) in [5.74, 6) is 6.11. The number of aromatic nitrogens is 2. The molecule has 0 radical (unpaired) electrons. The lowest BCUT2D eigenvalue weighted by molar-refractivity contribution is 0.0795. The molecular formula is C11H14N4O. The second-order valence-electron chi connectivity index (χ2n) is 3.84. The van der Waals surface area contributed by atoms with E-state index in [1.807, 2.05) is 24.6 Å². The summed E-state index contributed by atoms with van der Waals surface area (Å²) in [5, 5.41) is 1.07. The number of imidazole rings is 1. The van der Waals surface area contributed by atoms with E-state index in [9.17, 15) is 4.79 Å². The summed E-state index contributed by atoms with van der Waals surface area (Å²) >= 11 is 0. The Labute approximate surface area is 93.4 Å². The zero-order chi connectivity index (χ0) is 11.9. The standard InChI is InChI=1S/C11H14N4O/c1-7-13-9-6-8(11(16)15(3)12)4-5-10(9)14(7)2/h4-6H,12H2,1-3H3. The summed E-state index contributed by atoms with van der Waals surface area (Å²) in [6.45, 7) is 1.93. The zero-order valence-electron chi connectivity index (χ0n) is 9.56. The quantitative estimate of drug-likeness (QED) is 0.438. The minimum atomic E-state index is -0.217. The fourth-order valence-corrected chi connectivity index (χ4v) is 1.66. The highest BCUT2D eigenvalue weighted by atomic mass is 16.2. The van der Waals surface area contributed by atoms with Crippen molar-refractivity contribution >= 4 is 16.9 Å². The largest absolute Gasteiger partial charge is 0.331 e. The van der Waals surface area contributed by atoms with Crippen LogP contribution in [0.5, 0.6) is 0 Å². The van der Waals surface area contributed by atoms with Gasteiger partial charge in [0.15, 0.2) is 0 Å². The predicted octanol–water partition coefficient (Wildman–Crippen LogP) is 0.827. The maximum Gasteiger partial charge on any atom is 0.267 e. The molecule has 5 heteroatoms. The Morgan fingerprint density at radius 2 is 2.19 bits per heavy atom. The molecule has 2 rings (SSSR count). The Hall–Kier alpha value is -1.88. The maximum atomic E-state index is 11.6. The fraction of sp³-hybridized carbons (Fsp3) is 0.273. The first-order chi connectivity index (χ1) is 7.50. The van der Waals surface area contributed by atoms with Gasteiger partial charge in [-0.3, -0.25) is 9.80 Å². The number of nitrogens with zero attached hydrogens (tertiary/aromatic N) is 3. The van der Waals surface area contributed by atoms with Gasteiger partial charge in [-0.05, 0) is 25.1 Å². The summed E-state index contributed by atoms with van der Waals surface area (Å²) in [6, 6.07) is 5.40. The van der Waals surface area contributed by atoms with E-state index in [1.54, 1.807) is 12.1 Å². The van der Waals surface area contributed by atoms with Crippen LogP contribution in [0.4, 0.5) is 0 Å². The molecule has 0 saturated heterocycles. The number of carbonyl (C=O) groups is 1. The Morgan fingerprint density at radius 3 is 2.81 bits per heavy atom. The molecule has 1 aromatic heterocycles. The lowest BCUT2D eigenvalue weighted by atomic mass is 10.2. The first kappa shape index (κ1) is 10.6. The molecule has 84 valence electrons. The van der Waals surface area contributed by atoms with E-state index in [4.69, 9.17) is 5.84 Å². The first-order valence-electron chi connectivity index (χ1n) is 4.96. The molecule has 0 aliphatic carbocycles. The van der Waals surface area contributed by atoms with Gasteiger partial charge in [-0.2, -0.15) is 0 Å². The van der Waals surface area contributed by atoms with Crippen LogP contribution in [0.3, 0.4) is 0 Å². The van der Waals surface area contributed by atoms with E-state index < -0.39 is 0 Å². The third-order valence-electron chi connectivity index (χ3n) is 2.67. The van der Waals surface area contributed by atoms with E-state index in [0.717, 1.165) is 21.9 Å². The van der Waals surface area contributed by atoms with E-state index >= 15 is 0 Å². The number of benzene rings is 1. The fourth-order valence-electron chi connectivity index (χ4n) is 1.66. The van der Waals surface area contributed by atoms with Crippen LogP contribution in [0, 0.1) is 6.92 Å². The summed E-state index contributed by atoms with van der Waals surface area (Å²) in [6.07, 6.45) is 0. The number of hydrogen-bond acceptors (Lipinski definition) is 3. The highest BCUT2D eigenvalue weighted by molar-refractivity contribution is 5.97. The lowest BCUT2D eigenvalue weighted by Crippen LogP contribution is -2.33. The van der Waals surface area contributed by atoms with Crippen molar-refractivity contribution < 1.29 is 4.79 Å². The van der Waals surface area contributed by atoms with E-state index in [0.29, 0.717) is 5.56 Å². The Kier molecular flexibility index (Phi) is 2.40.